The van der Waals surface area contributed by atoms with Gasteiger partial charge >= 0.3 is 0 Å². The Kier molecular flexibility index (Phi) is 4.57. The molecule has 114 valence electrons. The lowest BCUT2D eigenvalue weighted by molar-refractivity contribution is 0.292. The molecule has 2 aromatic heterocycles. The number of aliphatic hydroxyl groups is 1. The van der Waals surface area contributed by atoms with Crippen LogP contribution in [0.2, 0.25) is 5.02 Å². The first-order chi connectivity index (χ1) is 10.7. The van der Waals surface area contributed by atoms with Gasteiger partial charge in [0, 0.05) is 28.6 Å². The Hall–Kier alpha value is -1.69. The van der Waals surface area contributed by atoms with Crippen molar-refractivity contribution in [3.63, 3.8) is 0 Å². The molecule has 3 rings (SSSR count). The van der Waals surface area contributed by atoms with Crippen molar-refractivity contribution in [1.29, 1.82) is 0 Å². The number of nitrogens with one attached hydrogen (secondary N) is 1. The zero-order valence-electron chi connectivity index (χ0n) is 12.1. The quantitative estimate of drug-likeness (QED) is 0.690. The first kappa shape index (κ1) is 15.2. The first-order valence-corrected chi connectivity index (χ1v) is 8.25. The SMILES string of the molecule is Cc1sc2ncnc(NCCCO)c2c1-c1ccc(Cl)cc1. The number of aliphatic hydroxyl groups excluding tert-OH is 1. The number of halogens is 1. The van der Waals surface area contributed by atoms with Crippen molar-refractivity contribution in [1.82, 2.24) is 9.97 Å². The molecule has 6 heteroatoms. The van der Waals surface area contributed by atoms with Crippen LogP contribution in [0.3, 0.4) is 0 Å². The highest BCUT2D eigenvalue weighted by molar-refractivity contribution is 7.19. The van der Waals surface area contributed by atoms with Gasteiger partial charge in [-0.3, -0.25) is 0 Å². The van der Waals surface area contributed by atoms with E-state index in [9.17, 15) is 0 Å². The van der Waals surface area contributed by atoms with Crippen LogP contribution in [0.5, 0.6) is 0 Å². The van der Waals surface area contributed by atoms with Gasteiger partial charge in [-0.2, -0.15) is 0 Å². The van der Waals surface area contributed by atoms with Crippen LogP contribution >= 0.6 is 22.9 Å². The van der Waals surface area contributed by atoms with Gasteiger partial charge in [0.1, 0.15) is 17.0 Å². The van der Waals surface area contributed by atoms with Gasteiger partial charge in [-0.15, -0.1) is 11.3 Å². The molecular weight excluding hydrogens is 318 g/mol. The van der Waals surface area contributed by atoms with E-state index in [-0.39, 0.29) is 6.61 Å². The summed E-state index contributed by atoms with van der Waals surface area (Å²) in [5.74, 6) is 0.813. The number of hydrogen-bond acceptors (Lipinski definition) is 5. The Morgan fingerprint density at radius 1 is 1.23 bits per heavy atom. The molecule has 0 spiro atoms. The third-order valence-electron chi connectivity index (χ3n) is 3.42. The summed E-state index contributed by atoms with van der Waals surface area (Å²) in [6.45, 7) is 2.93. The van der Waals surface area contributed by atoms with E-state index in [1.807, 2.05) is 24.3 Å². The van der Waals surface area contributed by atoms with Crippen molar-refractivity contribution in [2.75, 3.05) is 18.5 Å². The van der Waals surface area contributed by atoms with Gasteiger partial charge in [-0.1, -0.05) is 23.7 Å². The van der Waals surface area contributed by atoms with Gasteiger partial charge < -0.3 is 10.4 Å². The lowest BCUT2D eigenvalue weighted by Crippen LogP contribution is -2.05. The molecule has 0 atom stereocenters. The number of rotatable bonds is 5. The van der Waals surface area contributed by atoms with E-state index in [2.05, 4.69) is 22.2 Å². The van der Waals surface area contributed by atoms with Crippen molar-refractivity contribution in [3.8, 4) is 11.1 Å². The molecule has 0 saturated carbocycles. The Labute approximate surface area is 137 Å². The van der Waals surface area contributed by atoms with Gasteiger partial charge in [0.15, 0.2) is 0 Å². The van der Waals surface area contributed by atoms with Crippen molar-refractivity contribution in [2.45, 2.75) is 13.3 Å². The summed E-state index contributed by atoms with van der Waals surface area (Å²) >= 11 is 7.65. The molecule has 0 aliphatic heterocycles. The van der Waals surface area contributed by atoms with Crippen LogP contribution in [-0.4, -0.2) is 28.2 Å². The third-order valence-corrected chi connectivity index (χ3v) is 4.69. The van der Waals surface area contributed by atoms with Gasteiger partial charge in [-0.25, -0.2) is 9.97 Å². The fraction of sp³-hybridized carbons (Fsp3) is 0.250. The summed E-state index contributed by atoms with van der Waals surface area (Å²) in [6, 6.07) is 7.81. The molecule has 0 radical (unpaired) electrons. The zero-order chi connectivity index (χ0) is 15.5. The molecule has 22 heavy (non-hydrogen) atoms. The van der Waals surface area contributed by atoms with Gasteiger partial charge in [0.05, 0.1) is 5.39 Å². The predicted molar refractivity (Wildman–Crippen MR) is 92.8 cm³/mol. The van der Waals surface area contributed by atoms with E-state index in [1.54, 1.807) is 17.7 Å². The lowest BCUT2D eigenvalue weighted by atomic mass is 10.0. The van der Waals surface area contributed by atoms with Gasteiger partial charge in [-0.05, 0) is 31.0 Å². The number of anilines is 1. The van der Waals surface area contributed by atoms with E-state index in [0.717, 1.165) is 32.2 Å². The second-order valence-corrected chi connectivity index (χ2v) is 6.59. The fourth-order valence-electron chi connectivity index (χ4n) is 2.43. The van der Waals surface area contributed by atoms with Crippen LogP contribution in [0.1, 0.15) is 11.3 Å². The van der Waals surface area contributed by atoms with Crippen molar-refractivity contribution in [2.24, 2.45) is 0 Å². The molecular formula is C16H16ClN3OS. The number of hydrogen-bond donors (Lipinski definition) is 2. The summed E-state index contributed by atoms with van der Waals surface area (Å²) < 4.78 is 0. The monoisotopic (exact) mass is 333 g/mol. The van der Waals surface area contributed by atoms with Crippen LogP contribution in [-0.2, 0) is 0 Å². The molecule has 0 unspecified atom stereocenters. The topological polar surface area (TPSA) is 58.0 Å². The van der Waals surface area contributed by atoms with Crippen LogP contribution in [0, 0.1) is 6.92 Å². The van der Waals surface area contributed by atoms with E-state index in [0.29, 0.717) is 13.0 Å². The standard InChI is InChI=1S/C16H16ClN3OS/c1-10-13(11-3-5-12(17)6-4-11)14-15(18-7-2-8-21)19-9-20-16(14)22-10/h3-6,9,21H,2,7-8H2,1H3,(H,18,19,20). The molecule has 1 aromatic carbocycles. The Balaban J connectivity index is 2.12. The molecule has 2 heterocycles. The molecule has 0 fully saturated rings. The van der Waals surface area contributed by atoms with E-state index in [4.69, 9.17) is 16.7 Å². The van der Waals surface area contributed by atoms with E-state index in [1.165, 1.54) is 4.88 Å². The smallest absolute Gasteiger partial charge is 0.138 e. The number of fused-ring (bicyclic) bond motifs is 1. The summed E-state index contributed by atoms with van der Waals surface area (Å²) in [4.78, 5) is 10.9. The Morgan fingerprint density at radius 3 is 2.73 bits per heavy atom. The molecule has 0 aliphatic carbocycles. The maximum atomic E-state index is 8.94. The minimum Gasteiger partial charge on any atom is -0.396 e. The highest BCUT2D eigenvalue weighted by Crippen LogP contribution is 2.40. The van der Waals surface area contributed by atoms with Gasteiger partial charge in [0.2, 0.25) is 0 Å². The normalized spacial score (nSPS) is 11.0. The number of aryl methyl sites for hydroxylation is 1. The second kappa shape index (κ2) is 6.60. The highest BCUT2D eigenvalue weighted by atomic mass is 35.5. The van der Waals surface area contributed by atoms with E-state index >= 15 is 0 Å². The van der Waals surface area contributed by atoms with Crippen LogP contribution in [0.4, 0.5) is 5.82 Å². The van der Waals surface area contributed by atoms with Crippen LogP contribution in [0.25, 0.3) is 21.3 Å². The highest BCUT2D eigenvalue weighted by Gasteiger charge is 2.16. The Morgan fingerprint density at radius 2 is 2.00 bits per heavy atom. The van der Waals surface area contributed by atoms with E-state index < -0.39 is 0 Å². The number of thiophene rings is 1. The van der Waals surface area contributed by atoms with Crippen molar-refractivity contribution >= 4 is 39.0 Å². The first-order valence-electron chi connectivity index (χ1n) is 7.05. The van der Waals surface area contributed by atoms with Gasteiger partial charge in [0.25, 0.3) is 0 Å². The number of nitrogens with zero attached hydrogens (tertiary/aromatic N) is 2. The van der Waals surface area contributed by atoms with Crippen molar-refractivity contribution in [3.05, 3.63) is 40.5 Å². The number of benzene rings is 1. The summed E-state index contributed by atoms with van der Waals surface area (Å²) in [6.07, 6.45) is 2.26. The second-order valence-electron chi connectivity index (χ2n) is 4.95. The lowest BCUT2D eigenvalue weighted by Gasteiger charge is -2.08. The molecule has 0 bridgehead atoms. The molecule has 4 nitrogen and oxygen atoms in total. The number of aromatic nitrogens is 2. The molecule has 2 N–H and O–H groups in total. The van der Waals surface area contributed by atoms with Crippen LogP contribution in [0.15, 0.2) is 30.6 Å². The average molecular weight is 334 g/mol. The largest absolute Gasteiger partial charge is 0.396 e. The molecule has 0 amide bonds. The third kappa shape index (κ3) is 2.92. The summed E-state index contributed by atoms with van der Waals surface area (Å²) in [5, 5.41) is 14.0. The summed E-state index contributed by atoms with van der Waals surface area (Å²) in [5.41, 5.74) is 2.25. The zero-order valence-corrected chi connectivity index (χ0v) is 13.7. The maximum Gasteiger partial charge on any atom is 0.138 e. The minimum atomic E-state index is 0.161. The predicted octanol–water partition coefficient (Wildman–Crippen LogP) is 4.11. The minimum absolute atomic E-state index is 0.161. The summed E-state index contributed by atoms with van der Waals surface area (Å²) in [7, 11) is 0. The molecule has 0 aliphatic rings. The van der Waals surface area contributed by atoms with Crippen molar-refractivity contribution < 1.29 is 5.11 Å². The fourth-order valence-corrected chi connectivity index (χ4v) is 3.57. The average Bonchev–Trinajstić information content (AvgIpc) is 2.85. The maximum absolute atomic E-state index is 8.94. The molecule has 0 saturated heterocycles. The molecule has 3 aromatic rings. The Bertz CT molecular complexity index is 786. The van der Waals surface area contributed by atoms with Crippen LogP contribution < -0.4 is 5.32 Å².